The van der Waals surface area contributed by atoms with E-state index in [0.29, 0.717) is 16.9 Å². The quantitative estimate of drug-likeness (QED) is 0.433. The number of hydrogen-bond donors (Lipinski definition) is 2. The van der Waals surface area contributed by atoms with Gasteiger partial charge in [-0.3, -0.25) is 4.99 Å². The Morgan fingerprint density at radius 3 is 2.67 bits per heavy atom. The molecule has 1 aromatic rings. The zero-order valence-electron chi connectivity index (χ0n) is 14.7. The lowest BCUT2D eigenvalue weighted by atomic mass is 10.0. The first-order valence-corrected chi connectivity index (χ1v) is 8.49. The lowest BCUT2D eigenvalue weighted by Gasteiger charge is -2.21. The first-order valence-electron chi connectivity index (χ1n) is 8.49. The van der Waals surface area contributed by atoms with Crippen molar-refractivity contribution in [3.8, 4) is 0 Å². The van der Waals surface area contributed by atoms with Gasteiger partial charge in [-0.05, 0) is 56.2 Å². The van der Waals surface area contributed by atoms with Gasteiger partial charge in [-0.15, -0.1) is 0 Å². The van der Waals surface area contributed by atoms with Crippen LogP contribution in [0.25, 0.3) is 0 Å². The molecule has 0 saturated heterocycles. The molecule has 24 heavy (non-hydrogen) atoms. The number of ether oxygens (including phenoxy) is 1. The van der Waals surface area contributed by atoms with Gasteiger partial charge in [0.2, 0.25) is 0 Å². The molecule has 0 heterocycles. The number of hydrogen-bond acceptors (Lipinski definition) is 2. The van der Waals surface area contributed by atoms with Crippen molar-refractivity contribution in [2.45, 2.75) is 39.2 Å². The predicted octanol–water partition coefficient (Wildman–Crippen LogP) is 3.40. The minimum absolute atomic E-state index is 0.176. The van der Waals surface area contributed by atoms with Gasteiger partial charge in [0, 0.05) is 26.8 Å². The number of nitrogens with zero attached hydrogens (tertiary/aromatic N) is 1. The summed E-state index contributed by atoms with van der Waals surface area (Å²) in [5.41, 5.74) is 0.979. The summed E-state index contributed by atoms with van der Waals surface area (Å²) in [6, 6.07) is 3.76. The van der Waals surface area contributed by atoms with E-state index in [4.69, 9.17) is 4.74 Å². The molecule has 2 rings (SSSR count). The maximum absolute atomic E-state index is 13.4. The van der Waals surface area contributed by atoms with Gasteiger partial charge in [0.15, 0.2) is 17.6 Å². The number of nitrogens with one attached hydrogen (secondary N) is 2. The van der Waals surface area contributed by atoms with Crippen molar-refractivity contribution in [3.63, 3.8) is 0 Å². The molecule has 0 radical (unpaired) electrons. The van der Waals surface area contributed by atoms with E-state index in [1.165, 1.54) is 18.9 Å². The monoisotopic (exact) mass is 339 g/mol. The second-order valence-electron chi connectivity index (χ2n) is 6.41. The molecule has 0 aliphatic heterocycles. The average molecular weight is 339 g/mol. The molecular formula is C18H27F2N3O. The van der Waals surface area contributed by atoms with Gasteiger partial charge in [-0.25, -0.2) is 8.78 Å². The molecule has 1 unspecified atom stereocenters. The first kappa shape index (κ1) is 18.6. The SMILES string of the molecule is CCOCCC1(CNC(=NC)NC(C)c2ccc(F)c(F)c2)CC1. The first-order chi connectivity index (χ1) is 11.5. The molecule has 1 atom stereocenters. The van der Waals surface area contributed by atoms with Crippen LogP contribution in [0.15, 0.2) is 23.2 Å². The summed E-state index contributed by atoms with van der Waals surface area (Å²) >= 11 is 0. The molecule has 1 aromatic carbocycles. The third kappa shape index (κ3) is 5.16. The molecule has 1 fully saturated rings. The second kappa shape index (κ2) is 8.42. The molecular weight excluding hydrogens is 312 g/mol. The van der Waals surface area contributed by atoms with Crippen LogP contribution in [-0.4, -0.2) is 32.8 Å². The van der Waals surface area contributed by atoms with Crippen LogP contribution < -0.4 is 10.6 Å². The molecule has 0 amide bonds. The van der Waals surface area contributed by atoms with Crippen LogP contribution in [0.4, 0.5) is 8.78 Å². The minimum atomic E-state index is -0.836. The Bertz CT molecular complexity index is 573. The Balaban J connectivity index is 1.84. The molecule has 0 bridgehead atoms. The van der Waals surface area contributed by atoms with Crippen molar-refractivity contribution in [1.29, 1.82) is 0 Å². The number of aliphatic imine (C=N–C) groups is 1. The van der Waals surface area contributed by atoms with E-state index in [0.717, 1.165) is 32.2 Å². The zero-order chi connectivity index (χ0) is 17.6. The van der Waals surface area contributed by atoms with Crippen LogP contribution >= 0.6 is 0 Å². The van der Waals surface area contributed by atoms with E-state index in [-0.39, 0.29) is 6.04 Å². The third-order valence-corrected chi connectivity index (χ3v) is 4.59. The lowest BCUT2D eigenvalue weighted by Crippen LogP contribution is -2.41. The van der Waals surface area contributed by atoms with Crippen LogP contribution in [0, 0.1) is 17.0 Å². The summed E-state index contributed by atoms with van der Waals surface area (Å²) in [7, 11) is 1.70. The topological polar surface area (TPSA) is 45.6 Å². The van der Waals surface area contributed by atoms with Crippen LogP contribution in [0.2, 0.25) is 0 Å². The second-order valence-corrected chi connectivity index (χ2v) is 6.41. The van der Waals surface area contributed by atoms with Gasteiger partial charge in [0.1, 0.15) is 0 Å². The van der Waals surface area contributed by atoms with Crippen LogP contribution in [0.3, 0.4) is 0 Å². The van der Waals surface area contributed by atoms with Crippen molar-refractivity contribution in [1.82, 2.24) is 10.6 Å². The van der Waals surface area contributed by atoms with Gasteiger partial charge < -0.3 is 15.4 Å². The summed E-state index contributed by atoms with van der Waals surface area (Å²) in [6.07, 6.45) is 3.44. The summed E-state index contributed by atoms with van der Waals surface area (Å²) in [6.45, 7) is 6.27. The maximum Gasteiger partial charge on any atom is 0.191 e. The van der Waals surface area contributed by atoms with Crippen molar-refractivity contribution >= 4 is 5.96 Å². The highest BCUT2D eigenvalue weighted by molar-refractivity contribution is 5.80. The van der Waals surface area contributed by atoms with Gasteiger partial charge >= 0.3 is 0 Å². The van der Waals surface area contributed by atoms with E-state index in [9.17, 15) is 8.78 Å². The molecule has 1 saturated carbocycles. The Labute approximate surface area is 142 Å². The van der Waals surface area contributed by atoms with E-state index >= 15 is 0 Å². The molecule has 1 aliphatic rings. The third-order valence-electron chi connectivity index (χ3n) is 4.59. The van der Waals surface area contributed by atoms with Gasteiger partial charge in [-0.1, -0.05) is 6.07 Å². The van der Waals surface area contributed by atoms with Crippen molar-refractivity contribution < 1.29 is 13.5 Å². The Hall–Kier alpha value is -1.69. The molecule has 134 valence electrons. The number of guanidine groups is 1. The number of halogens is 2. The molecule has 0 aromatic heterocycles. The lowest BCUT2D eigenvalue weighted by molar-refractivity contribution is 0.128. The van der Waals surface area contributed by atoms with Crippen molar-refractivity contribution in [3.05, 3.63) is 35.4 Å². The van der Waals surface area contributed by atoms with E-state index in [2.05, 4.69) is 15.6 Å². The van der Waals surface area contributed by atoms with Gasteiger partial charge in [-0.2, -0.15) is 0 Å². The Morgan fingerprint density at radius 1 is 1.33 bits per heavy atom. The zero-order valence-corrected chi connectivity index (χ0v) is 14.7. The minimum Gasteiger partial charge on any atom is -0.382 e. The fourth-order valence-electron chi connectivity index (χ4n) is 2.66. The van der Waals surface area contributed by atoms with Crippen LogP contribution in [0.5, 0.6) is 0 Å². The fourth-order valence-corrected chi connectivity index (χ4v) is 2.66. The van der Waals surface area contributed by atoms with Crippen molar-refractivity contribution in [2.24, 2.45) is 10.4 Å². The number of rotatable bonds is 8. The standard InChI is InChI=1S/C18H27F2N3O/c1-4-24-10-9-18(7-8-18)12-22-17(21-3)23-13(2)14-5-6-15(19)16(20)11-14/h5-6,11,13H,4,7-10,12H2,1-3H3,(H2,21,22,23). The molecule has 1 aliphatic carbocycles. The average Bonchev–Trinajstić information content (AvgIpc) is 3.34. The summed E-state index contributed by atoms with van der Waals surface area (Å²) in [4.78, 5) is 4.22. The Morgan fingerprint density at radius 2 is 2.08 bits per heavy atom. The number of benzene rings is 1. The van der Waals surface area contributed by atoms with Crippen LogP contribution in [-0.2, 0) is 4.74 Å². The van der Waals surface area contributed by atoms with Crippen molar-refractivity contribution in [2.75, 3.05) is 26.8 Å². The summed E-state index contributed by atoms with van der Waals surface area (Å²) in [5.74, 6) is -1.01. The summed E-state index contributed by atoms with van der Waals surface area (Å²) in [5, 5.41) is 6.56. The molecule has 4 nitrogen and oxygen atoms in total. The fraction of sp³-hybridized carbons (Fsp3) is 0.611. The highest BCUT2D eigenvalue weighted by Gasteiger charge is 2.42. The normalized spacial score (nSPS) is 17.5. The van der Waals surface area contributed by atoms with Crippen LogP contribution in [0.1, 0.15) is 44.7 Å². The highest BCUT2D eigenvalue weighted by atomic mass is 19.2. The molecule has 6 heteroatoms. The highest BCUT2D eigenvalue weighted by Crippen LogP contribution is 2.48. The van der Waals surface area contributed by atoms with E-state index in [1.807, 2.05) is 13.8 Å². The molecule has 2 N–H and O–H groups in total. The van der Waals surface area contributed by atoms with E-state index < -0.39 is 11.6 Å². The van der Waals surface area contributed by atoms with Gasteiger partial charge in [0.25, 0.3) is 0 Å². The maximum atomic E-state index is 13.4. The molecule has 0 spiro atoms. The van der Waals surface area contributed by atoms with E-state index in [1.54, 1.807) is 13.1 Å². The smallest absolute Gasteiger partial charge is 0.191 e. The Kier molecular flexibility index (Phi) is 6.54. The van der Waals surface area contributed by atoms with Gasteiger partial charge in [0.05, 0.1) is 6.04 Å². The predicted molar refractivity (Wildman–Crippen MR) is 92.0 cm³/mol. The summed E-state index contributed by atoms with van der Waals surface area (Å²) < 4.78 is 31.8. The largest absolute Gasteiger partial charge is 0.382 e.